The van der Waals surface area contributed by atoms with Crippen molar-refractivity contribution in [3.8, 4) is 0 Å². The van der Waals surface area contributed by atoms with Crippen molar-refractivity contribution in [2.75, 3.05) is 4.90 Å². The second kappa shape index (κ2) is 12.0. The first-order valence-electron chi connectivity index (χ1n) is 14.7. The number of nitrogens with zero attached hydrogens (tertiary/aromatic N) is 2. The van der Waals surface area contributed by atoms with E-state index in [0.717, 1.165) is 47.9 Å². The topological polar surface area (TPSA) is 79.4 Å². The average molecular weight is 638 g/mol. The summed E-state index contributed by atoms with van der Waals surface area (Å²) in [5, 5.41) is 0. The van der Waals surface area contributed by atoms with E-state index in [4.69, 9.17) is 0 Å². The fraction of sp³-hybridized carbons (Fsp3) is 0.294. The molecule has 0 aliphatic heterocycles. The molecule has 6 nitrogen and oxygen atoms in total. The first-order valence-corrected chi connectivity index (χ1v) is 16.2. The summed E-state index contributed by atoms with van der Waals surface area (Å²) in [6.45, 7) is 2.01. The summed E-state index contributed by atoms with van der Waals surface area (Å²) >= 11 is 0. The molecule has 1 fully saturated rings. The lowest BCUT2D eigenvalue weighted by molar-refractivity contribution is -0.137. The van der Waals surface area contributed by atoms with E-state index < -0.39 is 39.5 Å². The molecular formula is C34H31F4N3O3S. The first-order chi connectivity index (χ1) is 21.4. The number of nitrogens with one attached hydrogen (secondary N) is 1. The molecule has 0 unspecified atom stereocenters. The lowest BCUT2D eigenvalue weighted by Crippen LogP contribution is -2.34. The van der Waals surface area contributed by atoms with Gasteiger partial charge < -0.3 is 4.90 Å². The second-order valence-corrected chi connectivity index (χ2v) is 13.4. The van der Waals surface area contributed by atoms with Crippen LogP contribution in [-0.2, 0) is 34.0 Å². The van der Waals surface area contributed by atoms with Crippen LogP contribution in [0.15, 0.2) is 89.8 Å². The van der Waals surface area contributed by atoms with Gasteiger partial charge >= 0.3 is 6.18 Å². The van der Waals surface area contributed by atoms with Crippen LogP contribution in [0.25, 0.3) is 0 Å². The molecule has 1 saturated carbocycles. The summed E-state index contributed by atoms with van der Waals surface area (Å²) in [6, 6.07) is 20.3. The summed E-state index contributed by atoms with van der Waals surface area (Å²) in [6.07, 6.45) is -1.93. The van der Waals surface area contributed by atoms with Crippen LogP contribution in [0.5, 0.6) is 0 Å². The molecule has 1 amide bonds. The Kier molecular flexibility index (Phi) is 8.26. The van der Waals surface area contributed by atoms with Gasteiger partial charge in [0.15, 0.2) is 0 Å². The predicted octanol–water partition coefficient (Wildman–Crippen LogP) is 7.24. The second-order valence-electron chi connectivity index (χ2n) is 11.7. The van der Waals surface area contributed by atoms with Gasteiger partial charge in [-0.1, -0.05) is 30.3 Å². The van der Waals surface area contributed by atoms with E-state index >= 15 is 0 Å². The van der Waals surface area contributed by atoms with E-state index in [1.165, 1.54) is 30.3 Å². The average Bonchev–Trinajstić information content (AvgIpc) is 3.80. The number of anilines is 1. The largest absolute Gasteiger partial charge is 0.416 e. The number of fused-ring (bicyclic) bond motifs is 1. The zero-order valence-electron chi connectivity index (χ0n) is 24.4. The monoisotopic (exact) mass is 637 g/mol. The van der Waals surface area contributed by atoms with Crippen LogP contribution >= 0.6 is 0 Å². The Bertz CT molecular complexity index is 1840. The quantitative estimate of drug-likeness (QED) is 0.207. The lowest BCUT2D eigenvalue weighted by atomic mass is 9.87. The van der Waals surface area contributed by atoms with E-state index in [2.05, 4.69) is 9.71 Å². The molecule has 0 spiro atoms. The molecule has 2 aliphatic rings. The number of aryl methyl sites for hydroxylation is 2. The van der Waals surface area contributed by atoms with Crippen LogP contribution in [-0.4, -0.2) is 19.3 Å². The number of hydrogen-bond donors (Lipinski definition) is 1. The number of aromatic nitrogens is 1. The van der Waals surface area contributed by atoms with Crippen molar-refractivity contribution in [3.05, 3.63) is 124 Å². The molecule has 0 bridgehead atoms. The number of hydrogen-bond acceptors (Lipinski definition) is 4. The number of halogens is 4. The zero-order valence-corrected chi connectivity index (χ0v) is 25.2. The van der Waals surface area contributed by atoms with Gasteiger partial charge in [0.1, 0.15) is 5.82 Å². The minimum atomic E-state index is -4.44. The molecule has 2 aliphatic carbocycles. The Labute approximate surface area is 259 Å². The third-order valence-corrected chi connectivity index (χ3v) is 9.93. The zero-order chi connectivity index (χ0) is 31.9. The number of benzene rings is 3. The molecule has 0 radical (unpaired) electrons. The van der Waals surface area contributed by atoms with Crippen molar-refractivity contribution >= 4 is 21.6 Å². The van der Waals surface area contributed by atoms with Crippen molar-refractivity contribution in [2.45, 2.75) is 62.2 Å². The molecule has 3 aromatic carbocycles. The molecule has 1 heterocycles. The van der Waals surface area contributed by atoms with Gasteiger partial charge in [-0.15, -0.1) is 0 Å². The SMILES string of the molecule is Cc1cccc(CN(C(=O)[C@@H]2C[C@@H]2c2ccc(C(F)(F)F)cc2)c2ccc3c(c2)[C@@H](NS(=O)(=O)c2cccc(F)c2)CCC3)n1. The Morgan fingerprint density at radius 2 is 1.76 bits per heavy atom. The van der Waals surface area contributed by atoms with Gasteiger partial charge in [0.2, 0.25) is 15.9 Å². The summed E-state index contributed by atoms with van der Waals surface area (Å²) in [4.78, 5) is 20.1. The van der Waals surface area contributed by atoms with Crippen molar-refractivity contribution in [2.24, 2.45) is 5.92 Å². The van der Waals surface area contributed by atoms with Gasteiger partial charge in [0, 0.05) is 23.3 Å². The fourth-order valence-electron chi connectivity index (χ4n) is 6.07. The van der Waals surface area contributed by atoms with Crippen LogP contribution in [0.4, 0.5) is 23.2 Å². The highest BCUT2D eigenvalue weighted by Crippen LogP contribution is 2.49. The standard InChI is InChI=1S/C34H31F4N3O3S/c1-21-5-2-8-26(39-21)20-41(33(42)31-19-29(31)23-11-14-24(15-12-23)34(36,37)38)27-16-13-22-6-3-10-32(30(22)18-27)40-45(43,44)28-9-4-7-25(35)17-28/h2,4-5,7-9,11-18,29,31-32,40H,3,6,10,19-20H2,1H3/t29-,31-,32+/m1/s1. The van der Waals surface area contributed by atoms with Crippen LogP contribution in [0.3, 0.4) is 0 Å². The Morgan fingerprint density at radius 3 is 2.47 bits per heavy atom. The van der Waals surface area contributed by atoms with E-state index in [-0.39, 0.29) is 23.3 Å². The maximum atomic E-state index is 14.1. The number of carbonyl (C=O) groups excluding carboxylic acids is 1. The van der Waals surface area contributed by atoms with Crippen LogP contribution < -0.4 is 9.62 Å². The minimum Gasteiger partial charge on any atom is -0.306 e. The van der Waals surface area contributed by atoms with Crippen molar-refractivity contribution in [3.63, 3.8) is 0 Å². The van der Waals surface area contributed by atoms with Crippen LogP contribution in [0.1, 0.15) is 64.9 Å². The molecular weight excluding hydrogens is 606 g/mol. The molecule has 1 aromatic heterocycles. The van der Waals surface area contributed by atoms with Gasteiger partial charge in [0.05, 0.1) is 22.7 Å². The molecule has 1 N–H and O–H groups in total. The summed E-state index contributed by atoms with van der Waals surface area (Å²) in [5.74, 6) is -1.48. The molecule has 4 aromatic rings. The van der Waals surface area contributed by atoms with Gasteiger partial charge in [-0.25, -0.2) is 17.5 Å². The van der Waals surface area contributed by atoms with E-state index in [0.29, 0.717) is 29.8 Å². The Hall–Kier alpha value is -4.09. The van der Waals surface area contributed by atoms with E-state index in [1.807, 2.05) is 43.3 Å². The van der Waals surface area contributed by atoms with E-state index in [1.54, 1.807) is 4.90 Å². The van der Waals surface area contributed by atoms with E-state index in [9.17, 15) is 30.8 Å². The Morgan fingerprint density at radius 1 is 1.00 bits per heavy atom. The van der Waals surface area contributed by atoms with Gasteiger partial charge in [-0.3, -0.25) is 9.78 Å². The predicted molar refractivity (Wildman–Crippen MR) is 161 cm³/mol. The van der Waals surface area contributed by atoms with Crippen molar-refractivity contribution < 1.29 is 30.8 Å². The van der Waals surface area contributed by atoms with Gasteiger partial charge in [-0.05, 0) is 110 Å². The number of rotatable bonds is 8. The van der Waals surface area contributed by atoms with Crippen molar-refractivity contribution in [1.82, 2.24) is 9.71 Å². The van der Waals surface area contributed by atoms with Gasteiger partial charge in [0.25, 0.3) is 0 Å². The van der Waals surface area contributed by atoms with Gasteiger partial charge in [-0.2, -0.15) is 13.2 Å². The molecule has 11 heteroatoms. The lowest BCUT2D eigenvalue weighted by Gasteiger charge is -2.29. The number of sulfonamides is 1. The third-order valence-electron chi connectivity index (χ3n) is 8.47. The number of amides is 1. The van der Waals surface area contributed by atoms with Crippen LogP contribution in [0, 0.1) is 18.7 Å². The normalized spacial score (nSPS) is 19.5. The molecule has 45 heavy (non-hydrogen) atoms. The molecule has 234 valence electrons. The number of alkyl halides is 3. The fourth-order valence-corrected chi connectivity index (χ4v) is 7.35. The highest BCUT2D eigenvalue weighted by Gasteiger charge is 2.46. The highest BCUT2D eigenvalue weighted by molar-refractivity contribution is 7.89. The third kappa shape index (κ3) is 6.79. The smallest absolute Gasteiger partial charge is 0.306 e. The maximum Gasteiger partial charge on any atom is 0.416 e. The Balaban J connectivity index is 1.30. The minimum absolute atomic E-state index is 0.162. The molecule has 6 rings (SSSR count). The first kappa shape index (κ1) is 30.9. The number of pyridine rings is 1. The summed E-state index contributed by atoms with van der Waals surface area (Å²) in [7, 11) is -4.03. The van der Waals surface area contributed by atoms with Crippen LogP contribution in [0.2, 0.25) is 0 Å². The maximum absolute atomic E-state index is 14.1. The molecule has 3 atom stereocenters. The van der Waals surface area contributed by atoms with Crippen molar-refractivity contribution in [1.29, 1.82) is 0 Å². The summed E-state index contributed by atoms with van der Waals surface area (Å²) < 4.78 is 82.2. The molecule has 0 saturated heterocycles. The summed E-state index contributed by atoms with van der Waals surface area (Å²) in [5.41, 5.74) is 3.64. The number of carbonyl (C=O) groups is 1. The highest BCUT2D eigenvalue weighted by atomic mass is 32.2.